The second-order valence-electron chi connectivity index (χ2n) is 5.81. The van der Waals surface area contributed by atoms with Crippen molar-refractivity contribution < 1.29 is 23.8 Å². The van der Waals surface area contributed by atoms with Gasteiger partial charge in [0.15, 0.2) is 0 Å². The van der Waals surface area contributed by atoms with Crippen molar-refractivity contribution in [2.24, 2.45) is 0 Å². The molecule has 1 rings (SSSR count). The van der Waals surface area contributed by atoms with Gasteiger partial charge in [0.05, 0.1) is 6.61 Å². The molecule has 0 atom stereocenters. The molecule has 0 aliphatic rings. The summed E-state index contributed by atoms with van der Waals surface area (Å²) in [7, 11) is 0. The molecule has 0 bridgehead atoms. The second kappa shape index (κ2) is 10.5. The van der Waals surface area contributed by atoms with Crippen LogP contribution in [0.1, 0.15) is 45.1 Å². The number of hydrogen-bond donors (Lipinski definition) is 0. The summed E-state index contributed by atoms with van der Waals surface area (Å²) >= 11 is 0. The van der Waals surface area contributed by atoms with Gasteiger partial charge in [-0.2, -0.15) is 0 Å². The molecule has 0 saturated heterocycles. The molecule has 0 fully saturated rings. The number of benzene rings is 1. The van der Waals surface area contributed by atoms with E-state index in [0.29, 0.717) is 24.5 Å². The summed E-state index contributed by atoms with van der Waals surface area (Å²) < 4.78 is 15.5. The van der Waals surface area contributed by atoms with Crippen molar-refractivity contribution in [3.8, 4) is 5.75 Å². The highest BCUT2D eigenvalue weighted by Crippen LogP contribution is 2.18. The molecule has 132 valence electrons. The minimum atomic E-state index is -0.444. The Kier molecular flexibility index (Phi) is 8.61. The highest BCUT2D eigenvalue weighted by atomic mass is 16.6. The van der Waals surface area contributed by atoms with Crippen molar-refractivity contribution in [2.45, 2.75) is 39.5 Å². The normalized spacial score (nSPS) is 10.3. The standard InChI is InChI=1S/C19H26O5/c1-14(2)16-7-9-17(10-8-16)22-12-13-23-18(20)6-5-11-24-19(21)15(3)4/h7-10,14H,3,5-6,11-13H2,1-2,4H3. The van der Waals surface area contributed by atoms with E-state index in [4.69, 9.17) is 14.2 Å². The first-order valence-corrected chi connectivity index (χ1v) is 8.11. The van der Waals surface area contributed by atoms with Crippen LogP contribution in [0.5, 0.6) is 5.75 Å². The smallest absolute Gasteiger partial charge is 0.333 e. The van der Waals surface area contributed by atoms with Crippen molar-refractivity contribution in [2.75, 3.05) is 19.8 Å². The lowest BCUT2D eigenvalue weighted by Crippen LogP contribution is -2.13. The minimum Gasteiger partial charge on any atom is -0.490 e. The van der Waals surface area contributed by atoms with Crippen LogP contribution in [0.4, 0.5) is 0 Å². The van der Waals surface area contributed by atoms with Crippen LogP contribution < -0.4 is 4.74 Å². The summed E-state index contributed by atoms with van der Waals surface area (Å²) in [6.45, 7) is 9.99. The Morgan fingerprint density at radius 2 is 1.71 bits per heavy atom. The van der Waals surface area contributed by atoms with E-state index < -0.39 is 5.97 Å². The van der Waals surface area contributed by atoms with Gasteiger partial charge in [-0.25, -0.2) is 4.79 Å². The SMILES string of the molecule is C=C(C)C(=O)OCCCC(=O)OCCOc1ccc(C(C)C)cc1. The zero-order valence-corrected chi connectivity index (χ0v) is 14.7. The fraction of sp³-hybridized carbons (Fsp3) is 0.474. The second-order valence-corrected chi connectivity index (χ2v) is 5.81. The molecule has 0 spiro atoms. The minimum absolute atomic E-state index is 0.180. The molecule has 1 aromatic carbocycles. The molecule has 0 aromatic heterocycles. The highest BCUT2D eigenvalue weighted by molar-refractivity contribution is 5.86. The topological polar surface area (TPSA) is 61.8 Å². The Morgan fingerprint density at radius 1 is 1.04 bits per heavy atom. The molecule has 0 unspecified atom stereocenters. The molecule has 24 heavy (non-hydrogen) atoms. The van der Waals surface area contributed by atoms with Gasteiger partial charge in [-0.3, -0.25) is 4.79 Å². The van der Waals surface area contributed by atoms with Crippen LogP contribution in [0, 0.1) is 0 Å². The van der Waals surface area contributed by atoms with Crippen LogP contribution in [0.3, 0.4) is 0 Å². The van der Waals surface area contributed by atoms with Gasteiger partial charge >= 0.3 is 11.9 Å². The van der Waals surface area contributed by atoms with E-state index in [-0.39, 0.29) is 25.6 Å². The van der Waals surface area contributed by atoms with Crippen LogP contribution in [0.15, 0.2) is 36.4 Å². The van der Waals surface area contributed by atoms with Crippen molar-refractivity contribution in [1.29, 1.82) is 0 Å². The van der Waals surface area contributed by atoms with Crippen molar-refractivity contribution in [3.05, 3.63) is 42.0 Å². The maximum absolute atomic E-state index is 11.5. The number of carbonyl (C=O) groups is 2. The summed E-state index contributed by atoms with van der Waals surface area (Å²) in [6.07, 6.45) is 0.627. The van der Waals surface area contributed by atoms with E-state index >= 15 is 0 Å². The first-order valence-electron chi connectivity index (χ1n) is 8.11. The van der Waals surface area contributed by atoms with Gasteiger partial charge in [0.25, 0.3) is 0 Å². The van der Waals surface area contributed by atoms with Gasteiger partial charge in [-0.1, -0.05) is 32.6 Å². The average Bonchev–Trinajstić information content (AvgIpc) is 2.55. The molecule has 0 radical (unpaired) electrons. The predicted octanol–water partition coefficient (Wildman–Crippen LogP) is 3.63. The maximum Gasteiger partial charge on any atom is 0.333 e. The van der Waals surface area contributed by atoms with E-state index in [1.165, 1.54) is 5.56 Å². The molecule has 5 nitrogen and oxygen atoms in total. The van der Waals surface area contributed by atoms with Crippen molar-refractivity contribution in [3.63, 3.8) is 0 Å². The molecule has 0 N–H and O–H groups in total. The third kappa shape index (κ3) is 7.81. The Labute approximate surface area is 143 Å². The summed E-state index contributed by atoms with van der Waals surface area (Å²) in [5.74, 6) is 0.456. The van der Waals surface area contributed by atoms with Gasteiger partial charge in [-0.05, 0) is 37.0 Å². The predicted molar refractivity (Wildman–Crippen MR) is 92.0 cm³/mol. The molecule has 5 heteroatoms. The summed E-state index contributed by atoms with van der Waals surface area (Å²) in [5.41, 5.74) is 1.59. The fourth-order valence-corrected chi connectivity index (χ4v) is 1.84. The third-order valence-electron chi connectivity index (χ3n) is 3.27. The Balaban J connectivity index is 2.11. The van der Waals surface area contributed by atoms with Crippen LogP contribution >= 0.6 is 0 Å². The highest BCUT2D eigenvalue weighted by Gasteiger charge is 2.06. The fourth-order valence-electron chi connectivity index (χ4n) is 1.84. The molecule has 0 aliphatic heterocycles. The van der Waals surface area contributed by atoms with Crippen LogP contribution in [0.25, 0.3) is 0 Å². The first-order chi connectivity index (χ1) is 11.4. The largest absolute Gasteiger partial charge is 0.490 e. The Morgan fingerprint density at radius 3 is 2.29 bits per heavy atom. The van der Waals surface area contributed by atoms with Crippen LogP contribution in [0.2, 0.25) is 0 Å². The van der Waals surface area contributed by atoms with Crippen molar-refractivity contribution >= 4 is 11.9 Å². The summed E-state index contributed by atoms with van der Waals surface area (Å²) in [5, 5.41) is 0. The number of hydrogen-bond acceptors (Lipinski definition) is 5. The zero-order valence-electron chi connectivity index (χ0n) is 14.7. The van der Waals surface area contributed by atoms with E-state index in [9.17, 15) is 9.59 Å². The molecular formula is C19H26O5. The third-order valence-corrected chi connectivity index (χ3v) is 3.27. The molecule has 0 heterocycles. The lowest BCUT2D eigenvalue weighted by molar-refractivity contribution is -0.146. The quantitative estimate of drug-likeness (QED) is 0.371. The lowest BCUT2D eigenvalue weighted by atomic mass is 10.0. The van der Waals surface area contributed by atoms with Gasteiger partial charge in [-0.15, -0.1) is 0 Å². The van der Waals surface area contributed by atoms with E-state index in [1.54, 1.807) is 6.92 Å². The van der Waals surface area contributed by atoms with Gasteiger partial charge in [0, 0.05) is 12.0 Å². The van der Waals surface area contributed by atoms with E-state index in [2.05, 4.69) is 20.4 Å². The van der Waals surface area contributed by atoms with E-state index in [1.807, 2.05) is 24.3 Å². The first kappa shape index (κ1) is 19.7. The number of esters is 2. The van der Waals surface area contributed by atoms with Gasteiger partial charge in [0.2, 0.25) is 0 Å². The molecule has 1 aromatic rings. The number of ether oxygens (including phenoxy) is 3. The summed E-state index contributed by atoms with van der Waals surface area (Å²) in [6, 6.07) is 7.87. The maximum atomic E-state index is 11.5. The molecule has 0 saturated carbocycles. The number of rotatable bonds is 10. The van der Waals surface area contributed by atoms with Crippen LogP contribution in [-0.4, -0.2) is 31.8 Å². The van der Waals surface area contributed by atoms with Gasteiger partial charge in [0.1, 0.15) is 19.0 Å². The Hall–Kier alpha value is -2.30. The molecule has 0 amide bonds. The monoisotopic (exact) mass is 334 g/mol. The van der Waals surface area contributed by atoms with Crippen molar-refractivity contribution in [1.82, 2.24) is 0 Å². The number of carbonyl (C=O) groups excluding carboxylic acids is 2. The summed E-state index contributed by atoms with van der Waals surface area (Å²) in [4.78, 5) is 22.7. The van der Waals surface area contributed by atoms with E-state index in [0.717, 1.165) is 5.75 Å². The zero-order chi connectivity index (χ0) is 17.9. The lowest BCUT2D eigenvalue weighted by Gasteiger charge is -2.09. The molecule has 0 aliphatic carbocycles. The van der Waals surface area contributed by atoms with Crippen LogP contribution in [-0.2, 0) is 19.1 Å². The average molecular weight is 334 g/mol. The Bertz CT molecular complexity index is 545. The molecular weight excluding hydrogens is 308 g/mol. The van der Waals surface area contributed by atoms with Gasteiger partial charge < -0.3 is 14.2 Å².